The maximum absolute atomic E-state index is 11.9. The molecule has 1 aromatic rings. The van der Waals surface area contributed by atoms with E-state index >= 15 is 0 Å². The molecule has 0 fully saturated rings. The lowest BCUT2D eigenvalue weighted by Crippen LogP contribution is -2.40. The minimum Gasteiger partial charge on any atom is -0.492 e. The zero-order valence-corrected chi connectivity index (χ0v) is 18.7. The van der Waals surface area contributed by atoms with Crippen LogP contribution in [-0.4, -0.2) is 51.4 Å². The van der Waals surface area contributed by atoms with Gasteiger partial charge in [0.2, 0.25) is 10.0 Å². The Balaban J connectivity index is 1.95. The fourth-order valence-electron chi connectivity index (χ4n) is 4.00. The second kappa shape index (κ2) is 11.8. The first-order chi connectivity index (χ1) is 13.5. The maximum Gasteiger partial charge on any atom is 0.211 e. The molecule has 1 aliphatic rings. The van der Waals surface area contributed by atoms with Gasteiger partial charge in [0.05, 0.1) is 5.75 Å². The highest BCUT2D eigenvalue weighted by Crippen LogP contribution is 2.31. The van der Waals surface area contributed by atoms with E-state index in [1.54, 1.807) is 0 Å². The molecule has 5 nitrogen and oxygen atoms in total. The second-order valence-corrected chi connectivity index (χ2v) is 9.67. The van der Waals surface area contributed by atoms with Gasteiger partial charge in [-0.3, -0.25) is 0 Å². The molecule has 0 spiro atoms. The van der Waals surface area contributed by atoms with E-state index in [9.17, 15) is 8.42 Å². The number of sulfonamides is 1. The quantitative estimate of drug-likeness (QED) is 0.503. The van der Waals surface area contributed by atoms with E-state index in [-0.39, 0.29) is 5.75 Å². The number of aryl methyl sites for hydroxylation is 1. The molecule has 28 heavy (non-hydrogen) atoms. The van der Waals surface area contributed by atoms with Crippen molar-refractivity contribution in [2.24, 2.45) is 0 Å². The predicted molar refractivity (Wildman–Crippen MR) is 117 cm³/mol. The molecule has 0 aromatic heterocycles. The smallest absolute Gasteiger partial charge is 0.211 e. The Kier molecular flexibility index (Phi) is 9.75. The third-order valence-electron chi connectivity index (χ3n) is 5.40. The summed E-state index contributed by atoms with van der Waals surface area (Å²) >= 11 is 0. The molecule has 0 aliphatic heterocycles. The molecule has 1 unspecified atom stereocenters. The average Bonchev–Trinajstić information content (AvgIpc) is 2.69. The third-order valence-corrected chi connectivity index (χ3v) is 6.87. The van der Waals surface area contributed by atoms with Crippen LogP contribution in [0.2, 0.25) is 0 Å². The van der Waals surface area contributed by atoms with Crippen molar-refractivity contribution in [2.45, 2.75) is 71.8 Å². The molecular formula is C22H38N2O3S. The maximum atomic E-state index is 11.9. The molecule has 6 heteroatoms. The monoisotopic (exact) mass is 410 g/mol. The van der Waals surface area contributed by atoms with Gasteiger partial charge in [0.15, 0.2) is 0 Å². The van der Waals surface area contributed by atoms with Gasteiger partial charge in [0.25, 0.3) is 0 Å². The summed E-state index contributed by atoms with van der Waals surface area (Å²) in [5, 5.41) is 0. The molecule has 0 saturated carbocycles. The minimum atomic E-state index is -3.18. The Morgan fingerprint density at radius 1 is 1.14 bits per heavy atom. The minimum absolute atomic E-state index is 0.191. The molecule has 1 N–H and O–H groups in total. The summed E-state index contributed by atoms with van der Waals surface area (Å²) < 4.78 is 32.5. The molecule has 0 bridgehead atoms. The Hall–Kier alpha value is -1.11. The van der Waals surface area contributed by atoms with Gasteiger partial charge in [-0.1, -0.05) is 39.3 Å². The van der Waals surface area contributed by atoms with Gasteiger partial charge in [0, 0.05) is 12.6 Å². The number of hydrogen-bond acceptors (Lipinski definition) is 4. The van der Waals surface area contributed by atoms with Crippen molar-refractivity contribution >= 4 is 10.0 Å². The standard InChI is InChI=1S/C22H38N2O3S/c1-4-7-17-28(25,26)23-13-16-27-22-10-8-9-19-11-12-20(18-21(19)22)24(14-5-2)15-6-3/h8-10,20,23H,4-7,11-18H2,1-3H3. The number of nitrogens with zero attached hydrogens (tertiary/aromatic N) is 1. The molecule has 0 radical (unpaired) electrons. The van der Waals surface area contributed by atoms with Crippen LogP contribution >= 0.6 is 0 Å². The Morgan fingerprint density at radius 3 is 2.57 bits per heavy atom. The van der Waals surface area contributed by atoms with Gasteiger partial charge >= 0.3 is 0 Å². The van der Waals surface area contributed by atoms with Crippen LogP contribution in [-0.2, 0) is 22.9 Å². The molecular weight excluding hydrogens is 372 g/mol. The van der Waals surface area contributed by atoms with Crippen LogP contribution in [0.25, 0.3) is 0 Å². The van der Waals surface area contributed by atoms with E-state index in [2.05, 4.69) is 35.6 Å². The van der Waals surface area contributed by atoms with Crippen molar-refractivity contribution < 1.29 is 13.2 Å². The van der Waals surface area contributed by atoms with Crippen molar-refractivity contribution in [1.29, 1.82) is 0 Å². The van der Waals surface area contributed by atoms with Gasteiger partial charge < -0.3 is 9.64 Å². The highest BCUT2D eigenvalue weighted by atomic mass is 32.2. The van der Waals surface area contributed by atoms with Gasteiger partial charge in [0.1, 0.15) is 12.4 Å². The van der Waals surface area contributed by atoms with Crippen LogP contribution in [0.1, 0.15) is 64.0 Å². The Morgan fingerprint density at radius 2 is 1.89 bits per heavy atom. The Labute approximate surface area is 171 Å². The number of fused-ring (bicyclic) bond motifs is 1. The van der Waals surface area contributed by atoms with Crippen LogP contribution in [0.3, 0.4) is 0 Å². The second-order valence-electron chi connectivity index (χ2n) is 7.74. The fourth-order valence-corrected chi connectivity index (χ4v) is 5.21. The molecule has 1 aliphatic carbocycles. The lowest BCUT2D eigenvalue weighted by Gasteiger charge is -2.35. The zero-order chi connectivity index (χ0) is 20.4. The lowest BCUT2D eigenvalue weighted by molar-refractivity contribution is 0.178. The molecule has 2 rings (SSSR count). The van der Waals surface area contributed by atoms with E-state index < -0.39 is 10.0 Å². The highest BCUT2D eigenvalue weighted by Gasteiger charge is 2.25. The van der Waals surface area contributed by atoms with Crippen molar-refractivity contribution in [3.63, 3.8) is 0 Å². The van der Waals surface area contributed by atoms with E-state index in [0.717, 1.165) is 38.1 Å². The van der Waals surface area contributed by atoms with Crippen molar-refractivity contribution in [1.82, 2.24) is 9.62 Å². The number of ether oxygens (including phenoxy) is 1. The van der Waals surface area contributed by atoms with Crippen LogP contribution in [0.4, 0.5) is 0 Å². The molecule has 160 valence electrons. The number of unbranched alkanes of at least 4 members (excludes halogenated alkanes) is 1. The first kappa shape index (κ1) is 23.2. The SMILES string of the molecule is CCCCS(=O)(=O)NCCOc1cccc2c1CC(N(CCC)CCC)CC2. The number of rotatable bonds is 13. The van der Waals surface area contributed by atoms with Gasteiger partial charge in [-0.2, -0.15) is 0 Å². The van der Waals surface area contributed by atoms with Crippen molar-refractivity contribution in [3.8, 4) is 5.75 Å². The van der Waals surface area contributed by atoms with Crippen molar-refractivity contribution in [2.75, 3.05) is 32.0 Å². The van der Waals surface area contributed by atoms with Crippen LogP contribution in [0.5, 0.6) is 5.75 Å². The molecule has 0 heterocycles. The van der Waals surface area contributed by atoms with E-state index in [1.807, 2.05) is 13.0 Å². The normalized spacial score (nSPS) is 16.9. The van der Waals surface area contributed by atoms with Gasteiger partial charge in [-0.25, -0.2) is 13.1 Å². The van der Waals surface area contributed by atoms with Crippen LogP contribution in [0.15, 0.2) is 18.2 Å². The summed E-state index contributed by atoms with van der Waals surface area (Å²) in [6.07, 6.45) is 7.24. The number of nitrogens with one attached hydrogen (secondary N) is 1. The average molecular weight is 411 g/mol. The van der Waals surface area contributed by atoms with Crippen LogP contribution < -0.4 is 9.46 Å². The largest absolute Gasteiger partial charge is 0.492 e. The summed E-state index contributed by atoms with van der Waals surface area (Å²) in [4.78, 5) is 2.63. The summed E-state index contributed by atoms with van der Waals surface area (Å²) in [6, 6.07) is 6.85. The molecule has 1 atom stereocenters. The first-order valence-corrected chi connectivity index (χ1v) is 12.6. The topological polar surface area (TPSA) is 58.6 Å². The molecule has 0 amide bonds. The van der Waals surface area contributed by atoms with Crippen molar-refractivity contribution in [3.05, 3.63) is 29.3 Å². The summed E-state index contributed by atoms with van der Waals surface area (Å²) in [5.41, 5.74) is 2.69. The van der Waals surface area contributed by atoms with E-state index in [1.165, 1.54) is 30.4 Å². The van der Waals surface area contributed by atoms with E-state index in [4.69, 9.17) is 4.74 Å². The lowest BCUT2D eigenvalue weighted by atomic mass is 9.86. The summed E-state index contributed by atoms with van der Waals surface area (Å²) in [7, 11) is -3.18. The van der Waals surface area contributed by atoms with Gasteiger partial charge in [-0.15, -0.1) is 0 Å². The van der Waals surface area contributed by atoms with E-state index in [0.29, 0.717) is 25.6 Å². The predicted octanol–water partition coefficient (Wildman–Crippen LogP) is 3.76. The van der Waals surface area contributed by atoms with Crippen LogP contribution in [0, 0.1) is 0 Å². The number of benzene rings is 1. The Bertz CT molecular complexity index is 685. The fraction of sp³-hybridized carbons (Fsp3) is 0.727. The highest BCUT2D eigenvalue weighted by molar-refractivity contribution is 7.89. The summed E-state index contributed by atoms with van der Waals surface area (Å²) in [5.74, 6) is 1.11. The van der Waals surface area contributed by atoms with Gasteiger partial charge in [-0.05, 0) is 68.8 Å². The zero-order valence-electron chi connectivity index (χ0n) is 17.9. The third kappa shape index (κ3) is 7.05. The molecule has 1 aromatic carbocycles. The number of hydrogen-bond donors (Lipinski definition) is 1. The first-order valence-electron chi connectivity index (χ1n) is 11.0. The summed E-state index contributed by atoms with van der Waals surface area (Å²) in [6.45, 7) is 9.46. The molecule has 0 saturated heterocycles.